The first-order chi connectivity index (χ1) is 7.50. The molecule has 0 fully saturated rings. The van der Waals surface area contributed by atoms with E-state index in [1.807, 2.05) is 0 Å². The van der Waals surface area contributed by atoms with Crippen molar-refractivity contribution >= 4 is 17.6 Å². The molecule has 3 N–H and O–H groups in total. The van der Waals surface area contributed by atoms with Gasteiger partial charge in [0.1, 0.15) is 11.7 Å². The smallest absolute Gasteiger partial charge is 0.127 e. The quantitative estimate of drug-likeness (QED) is 0.614. The molecule has 0 radical (unpaired) electrons. The number of nitrogens with two attached hydrogens (primary N) is 1. The number of hydrogen-bond acceptors (Lipinski definition) is 2. The molecule has 0 heterocycles. The van der Waals surface area contributed by atoms with Crippen LogP contribution < -0.4 is 5.73 Å². The first-order valence-corrected chi connectivity index (χ1v) is 6.36. The monoisotopic (exact) mass is 240 g/mol. The fraction of sp³-hybridized carbons (Fsp3) is 0.417. The Balaban J connectivity index is 2.64. The van der Waals surface area contributed by atoms with Crippen molar-refractivity contribution in [2.75, 3.05) is 5.75 Å². The molecule has 16 heavy (non-hydrogen) atoms. The second kappa shape index (κ2) is 5.89. The van der Waals surface area contributed by atoms with Crippen molar-refractivity contribution in [2.24, 2.45) is 11.7 Å². The number of hydrogen-bond donors (Lipinski definition) is 2. The molecule has 1 rings (SSSR count). The Hall–Kier alpha value is -1.03. The lowest BCUT2D eigenvalue weighted by molar-refractivity contribution is 0.617. The molecule has 88 valence electrons. The van der Waals surface area contributed by atoms with E-state index in [1.165, 1.54) is 6.07 Å². The minimum absolute atomic E-state index is 0.0970. The number of benzene rings is 1. The van der Waals surface area contributed by atoms with Crippen LogP contribution in [0.3, 0.4) is 0 Å². The summed E-state index contributed by atoms with van der Waals surface area (Å²) >= 11 is 1.72. The Morgan fingerprint density at radius 2 is 2.19 bits per heavy atom. The van der Waals surface area contributed by atoms with E-state index in [-0.39, 0.29) is 11.7 Å². The average Bonchev–Trinajstić information content (AvgIpc) is 2.19. The van der Waals surface area contributed by atoms with Crippen LogP contribution in [0.4, 0.5) is 4.39 Å². The van der Waals surface area contributed by atoms with Crippen molar-refractivity contribution < 1.29 is 4.39 Å². The summed E-state index contributed by atoms with van der Waals surface area (Å²) < 4.78 is 13.6. The molecule has 0 bridgehead atoms. The standard InChI is InChI=1S/C12H17FN2S/c1-8(2)6-16-7-10-4-3-9(12(14)15)5-11(10)13/h3-5,8H,6-7H2,1-2H3,(H3,14,15). The maximum atomic E-state index is 13.6. The largest absolute Gasteiger partial charge is 0.384 e. The molecule has 2 nitrogen and oxygen atoms in total. The predicted molar refractivity (Wildman–Crippen MR) is 68.4 cm³/mol. The van der Waals surface area contributed by atoms with Crippen molar-refractivity contribution in [3.63, 3.8) is 0 Å². The number of nitrogens with one attached hydrogen (secondary N) is 1. The lowest BCUT2D eigenvalue weighted by atomic mass is 10.1. The van der Waals surface area contributed by atoms with E-state index in [1.54, 1.807) is 23.9 Å². The van der Waals surface area contributed by atoms with Gasteiger partial charge in [0.25, 0.3) is 0 Å². The third-order valence-electron chi connectivity index (χ3n) is 2.07. The summed E-state index contributed by atoms with van der Waals surface area (Å²) in [4.78, 5) is 0. The molecule has 0 unspecified atom stereocenters. The molecule has 0 aliphatic heterocycles. The van der Waals surface area contributed by atoms with E-state index in [9.17, 15) is 4.39 Å². The molecule has 0 aromatic heterocycles. The third-order valence-corrected chi connectivity index (χ3v) is 3.49. The van der Waals surface area contributed by atoms with Crippen LogP contribution in [0.5, 0.6) is 0 Å². The topological polar surface area (TPSA) is 49.9 Å². The highest BCUT2D eigenvalue weighted by molar-refractivity contribution is 7.98. The first kappa shape index (κ1) is 13.0. The zero-order chi connectivity index (χ0) is 12.1. The van der Waals surface area contributed by atoms with Gasteiger partial charge in [0, 0.05) is 11.3 Å². The van der Waals surface area contributed by atoms with Gasteiger partial charge in [0.15, 0.2) is 0 Å². The lowest BCUT2D eigenvalue weighted by Gasteiger charge is -2.07. The number of rotatable bonds is 5. The maximum Gasteiger partial charge on any atom is 0.127 e. The van der Waals surface area contributed by atoms with Gasteiger partial charge < -0.3 is 5.73 Å². The van der Waals surface area contributed by atoms with E-state index in [2.05, 4.69) is 13.8 Å². The Bertz CT molecular complexity index is 377. The van der Waals surface area contributed by atoms with Gasteiger partial charge in [-0.3, -0.25) is 5.41 Å². The number of nitrogen functional groups attached to an aromatic ring is 1. The van der Waals surface area contributed by atoms with Crippen LogP contribution >= 0.6 is 11.8 Å². The van der Waals surface area contributed by atoms with Gasteiger partial charge in [-0.1, -0.05) is 26.0 Å². The summed E-state index contributed by atoms with van der Waals surface area (Å²) in [7, 11) is 0. The maximum absolute atomic E-state index is 13.6. The molecule has 0 aliphatic rings. The normalized spacial score (nSPS) is 10.8. The molecule has 0 spiro atoms. The van der Waals surface area contributed by atoms with Crippen LogP contribution in [0, 0.1) is 17.1 Å². The van der Waals surface area contributed by atoms with Crippen LogP contribution in [0.25, 0.3) is 0 Å². The van der Waals surface area contributed by atoms with Crippen LogP contribution in [-0.2, 0) is 5.75 Å². The summed E-state index contributed by atoms with van der Waals surface area (Å²) in [5.41, 5.74) is 6.40. The molecule has 0 aliphatic carbocycles. The molecular formula is C12H17FN2S. The van der Waals surface area contributed by atoms with E-state index in [4.69, 9.17) is 11.1 Å². The highest BCUT2D eigenvalue weighted by Crippen LogP contribution is 2.18. The van der Waals surface area contributed by atoms with Gasteiger partial charge in [-0.05, 0) is 23.3 Å². The number of thioether (sulfide) groups is 1. The Kier molecular flexibility index (Phi) is 4.80. The first-order valence-electron chi connectivity index (χ1n) is 5.21. The zero-order valence-electron chi connectivity index (χ0n) is 9.59. The van der Waals surface area contributed by atoms with E-state index in [0.29, 0.717) is 22.8 Å². The van der Waals surface area contributed by atoms with Gasteiger partial charge >= 0.3 is 0 Å². The summed E-state index contributed by atoms with van der Waals surface area (Å²) in [6.45, 7) is 4.28. The number of amidine groups is 1. The summed E-state index contributed by atoms with van der Waals surface area (Å²) in [6.07, 6.45) is 0. The fourth-order valence-electron chi connectivity index (χ4n) is 1.24. The molecule has 0 atom stereocenters. The van der Waals surface area contributed by atoms with Gasteiger partial charge in [-0.25, -0.2) is 4.39 Å². The summed E-state index contributed by atoms with van der Waals surface area (Å²) in [6, 6.07) is 4.73. The van der Waals surface area contributed by atoms with E-state index >= 15 is 0 Å². The SMILES string of the molecule is CC(C)CSCc1ccc(C(=N)N)cc1F. The highest BCUT2D eigenvalue weighted by Gasteiger charge is 2.05. The van der Waals surface area contributed by atoms with Gasteiger partial charge in [-0.2, -0.15) is 11.8 Å². The van der Waals surface area contributed by atoms with Gasteiger partial charge in [-0.15, -0.1) is 0 Å². The van der Waals surface area contributed by atoms with Gasteiger partial charge in [0.05, 0.1) is 0 Å². The fourth-order valence-corrected chi connectivity index (χ4v) is 2.28. The van der Waals surface area contributed by atoms with Crippen molar-refractivity contribution in [3.05, 3.63) is 35.1 Å². The molecule has 0 amide bonds. The van der Waals surface area contributed by atoms with Crippen molar-refractivity contribution in [2.45, 2.75) is 19.6 Å². The van der Waals surface area contributed by atoms with Crippen LogP contribution in [0.2, 0.25) is 0 Å². The molecule has 0 saturated heterocycles. The number of halogens is 1. The predicted octanol–water partition coefficient (Wildman–Crippen LogP) is 3.00. The van der Waals surface area contributed by atoms with Crippen LogP contribution in [0.1, 0.15) is 25.0 Å². The lowest BCUT2D eigenvalue weighted by Crippen LogP contribution is -2.11. The minimum atomic E-state index is -0.274. The molecular weight excluding hydrogens is 223 g/mol. The Labute approximate surface area is 99.9 Å². The van der Waals surface area contributed by atoms with Gasteiger partial charge in [0.2, 0.25) is 0 Å². The second-order valence-electron chi connectivity index (χ2n) is 4.13. The average molecular weight is 240 g/mol. The summed E-state index contributed by atoms with van der Waals surface area (Å²) in [5.74, 6) is 1.93. The molecule has 1 aromatic rings. The van der Waals surface area contributed by atoms with E-state index < -0.39 is 0 Å². The Morgan fingerprint density at radius 1 is 1.50 bits per heavy atom. The molecule has 1 aromatic carbocycles. The minimum Gasteiger partial charge on any atom is -0.384 e. The zero-order valence-corrected chi connectivity index (χ0v) is 10.4. The Morgan fingerprint density at radius 3 is 2.69 bits per heavy atom. The van der Waals surface area contributed by atoms with Crippen molar-refractivity contribution in [3.8, 4) is 0 Å². The third kappa shape index (κ3) is 3.85. The second-order valence-corrected chi connectivity index (χ2v) is 5.16. The van der Waals surface area contributed by atoms with E-state index in [0.717, 1.165) is 5.75 Å². The van der Waals surface area contributed by atoms with Crippen LogP contribution in [-0.4, -0.2) is 11.6 Å². The van der Waals surface area contributed by atoms with Crippen LogP contribution in [0.15, 0.2) is 18.2 Å². The highest BCUT2D eigenvalue weighted by atomic mass is 32.2. The molecule has 4 heteroatoms. The van der Waals surface area contributed by atoms with Crippen molar-refractivity contribution in [1.82, 2.24) is 0 Å². The molecule has 0 saturated carbocycles. The van der Waals surface area contributed by atoms with Crippen molar-refractivity contribution in [1.29, 1.82) is 5.41 Å². The summed E-state index contributed by atoms with van der Waals surface area (Å²) in [5, 5.41) is 7.20.